The summed E-state index contributed by atoms with van der Waals surface area (Å²) in [6, 6.07) is 0. The Morgan fingerprint density at radius 1 is 1.14 bits per heavy atom. The molecule has 0 N–H and O–H groups in total. The quantitative estimate of drug-likeness (QED) is 0.650. The van der Waals surface area contributed by atoms with Crippen molar-refractivity contribution in [3.05, 3.63) is 27.8 Å². The monoisotopic (exact) mass is 227 g/mol. The van der Waals surface area contributed by atoms with E-state index in [1.165, 1.54) is 0 Å². The fraction of sp³-hybridized carbons (Fsp3) is 0.222. The molecular formula is C9H7Cl2N3. The standard InChI is InChI=1S/C9H7Cl2N3/c1-4-6(10)3-12-9-7(4)8(11)13-5(2)14-9/h3H,1-2H3. The molecule has 0 spiro atoms. The molecule has 0 bridgehead atoms. The van der Waals surface area contributed by atoms with E-state index in [2.05, 4.69) is 15.0 Å². The van der Waals surface area contributed by atoms with E-state index >= 15 is 0 Å². The Morgan fingerprint density at radius 3 is 2.57 bits per heavy atom. The zero-order valence-corrected chi connectivity index (χ0v) is 9.19. The Kier molecular flexibility index (Phi) is 2.29. The number of hydrogen-bond donors (Lipinski definition) is 0. The third kappa shape index (κ3) is 1.42. The summed E-state index contributed by atoms with van der Waals surface area (Å²) >= 11 is 11.9. The van der Waals surface area contributed by atoms with Gasteiger partial charge in [-0.25, -0.2) is 15.0 Å². The lowest BCUT2D eigenvalue weighted by Gasteiger charge is -2.04. The summed E-state index contributed by atoms with van der Waals surface area (Å²) in [6.07, 6.45) is 1.57. The van der Waals surface area contributed by atoms with Crippen molar-refractivity contribution in [1.29, 1.82) is 0 Å². The average molecular weight is 228 g/mol. The molecule has 0 saturated carbocycles. The number of nitrogens with zero attached hydrogens (tertiary/aromatic N) is 3. The van der Waals surface area contributed by atoms with Crippen molar-refractivity contribution in [2.45, 2.75) is 13.8 Å². The molecule has 0 aromatic carbocycles. The van der Waals surface area contributed by atoms with Crippen LogP contribution in [0, 0.1) is 13.8 Å². The van der Waals surface area contributed by atoms with Gasteiger partial charge in [-0.05, 0) is 19.4 Å². The minimum absolute atomic E-state index is 0.403. The molecule has 0 fully saturated rings. The Balaban J connectivity index is 2.95. The summed E-state index contributed by atoms with van der Waals surface area (Å²) in [5.41, 5.74) is 1.45. The first-order valence-corrected chi connectivity index (χ1v) is 4.80. The van der Waals surface area contributed by atoms with E-state index in [-0.39, 0.29) is 0 Å². The molecule has 0 aliphatic carbocycles. The highest BCUT2D eigenvalue weighted by atomic mass is 35.5. The van der Waals surface area contributed by atoms with Gasteiger partial charge in [-0.15, -0.1) is 0 Å². The lowest BCUT2D eigenvalue weighted by atomic mass is 10.2. The molecule has 0 radical (unpaired) electrons. The predicted molar refractivity (Wildman–Crippen MR) is 56.8 cm³/mol. The Labute approximate surface area is 91.1 Å². The van der Waals surface area contributed by atoms with Crippen LogP contribution in [0.2, 0.25) is 10.2 Å². The molecule has 0 amide bonds. The van der Waals surface area contributed by atoms with Crippen LogP contribution < -0.4 is 0 Å². The molecule has 2 aromatic heterocycles. The highest BCUT2D eigenvalue weighted by molar-refractivity contribution is 6.36. The smallest absolute Gasteiger partial charge is 0.164 e. The molecule has 0 atom stereocenters. The van der Waals surface area contributed by atoms with Gasteiger partial charge in [0.1, 0.15) is 11.0 Å². The molecule has 14 heavy (non-hydrogen) atoms. The number of aromatic nitrogens is 3. The van der Waals surface area contributed by atoms with Crippen molar-refractivity contribution in [3.8, 4) is 0 Å². The molecule has 0 saturated heterocycles. The summed E-state index contributed by atoms with van der Waals surface area (Å²) in [6.45, 7) is 3.65. The molecule has 2 heterocycles. The van der Waals surface area contributed by atoms with Crippen molar-refractivity contribution >= 4 is 34.2 Å². The van der Waals surface area contributed by atoms with Gasteiger partial charge in [0.2, 0.25) is 0 Å². The van der Waals surface area contributed by atoms with Crippen molar-refractivity contribution < 1.29 is 0 Å². The highest BCUT2D eigenvalue weighted by Crippen LogP contribution is 2.26. The second-order valence-corrected chi connectivity index (χ2v) is 3.76. The van der Waals surface area contributed by atoms with E-state index in [9.17, 15) is 0 Å². The number of pyridine rings is 1. The zero-order valence-electron chi connectivity index (χ0n) is 7.67. The highest BCUT2D eigenvalue weighted by Gasteiger charge is 2.09. The molecule has 72 valence electrons. The number of halogens is 2. The first-order valence-electron chi connectivity index (χ1n) is 4.04. The maximum absolute atomic E-state index is 5.99. The number of fused-ring (bicyclic) bond motifs is 1. The van der Waals surface area contributed by atoms with Gasteiger partial charge in [-0.1, -0.05) is 23.2 Å². The van der Waals surface area contributed by atoms with Gasteiger partial charge in [0.05, 0.1) is 10.4 Å². The number of rotatable bonds is 0. The second kappa shape index (κ2) is 3.33. The van der Waals surface area contributed by atoms with Crippen molar-refractivity contribution in [2.24, 2.45) is 0 Å². The van der Waals surface area contributed by atoms with Crippen LogP contribution >= 0.6 is 23.2 Å². The number of hydrogen-bond acceptors (Lipinski definition) is 3. The van der Waals surface area contributed by atoms with Gasteiger partial charge < -0.3 is 0 Å². The third-order valence-corrected chi connectivity index (χ3v) is 2.65. The molecule has 0 aliphatic heterocycles. The molecule has 2 rings (SSSR count). The summed E-state index contributed by atoms with van der Waals surface area (Å²) in [7, 11) is 0. The van der Waals surface area contributed by atoms with Gasteiger partial charge in [-0.3, -0.25) is 0 Å². The summed E-state index contributed by atoms with van der Waals surface area (Å²) in [4.78, 5) is 12.3. The van der Waals surface area contributed by atoms with Crippen LogP contribution in [0.4, 0.5) is 0 Å². The van der Waals surface area contributed by atoms with Crippen LogP contribution in [-0.4, -0.2) is 15.0 Å². The van der Waals surface area contributed by atoms with Crippen molar-refractivity contribution in [3.63, 3.8) is 0 Å². The first-order chi connectivity index (χ1) is 6.59. The third-order valence-electron chi connectivity index (χ3n) is 1.99. The molecule has 0 aliphatic rings. The van der Waals surface area contributed by atoms with Crippen LogP contribution in [0.25, 0.3) is 11.0 Å². The summed E-state index contributed by atoms with van der Waals surface area (Å²) < 4.78 is 0. The lowest BCUT2D eigenvalue weighted by Crippen LogP contribution is -1.95. The van der Waals surface area contributed by atoms with Gasteiger partial charge in [0.15, 0.2) is 5.65 Å². The maximum Gasteiger partial charge on any atom is 0.164 e. The van der Waals surface area contributed by atoms with Crippen molar-refractivity contribution in [1.82, 2.24) is 15.0 Å². The molecule has 3 nitrogen and oxygen atoms in total. The van der Waals surface area contributed by atoms with Crippen LogP contribution in [-0.2, 0) is 0 Å². The van der Waals surface area contributed by atoms with E-state index < -0.39 is 0 Å². The normalized spacial score (nSPS) is 10.9. The van der Waals surface area contributed by atoms with E-state index in [0.717, 1.165) is 10.9 Å². The minimum atomic E-state index is 0.403. The van der Waals surface area contributed by atoms with E-state index in [1.807, 2.05) is 6.92 Å². The summed E-state index contributed by atoms with van der Waals surface area (Å²) in [5, 5.41) is 1.71. The lowest BCUT2D eigenvalue weighted by molar-refractivity contribution is 1.07. The van der Waals surface area contributed by atoms with E-state index in [1.54, 1.807) is 13.1 Å². The topological polar surface area (TPSA) is 38.7 Å². The SMILES string of the molecule is Cc1nc(Cl)c2c(C)c(Cl)cnc2n1. The average Bonchev–Trinajstić information content (AvgIpc) is 2.10. The van der Waals surface area contributed by atoms with Crippen molar-refractivity contribution in [2.75, 3.05) is 0 Å². The molecular weight excluding hydrogens is 221 g/mol. The molecule has 2 aromatic rings. The Bertz CT molecular complexity index is 511. The summed E-state index contributed by atoms with van der Waals surface area (Å²) in [5.74, 6) is 0.608. The van der Waals surface area contributed by atoms with Crippen LogP contribution in [0.3, 0.4) is 0 Å². The maximum atomic E-state index is 5.99. The van der Waals surface area contributed by atoms with Gasteiger partial charge in [0, 0.05) is 6.20 Å². The molecule has 0 unspecified atom stereocenters. The van der Waals surface area contributed by atoms with Gasteiger partial charge in [-0.2, -0.15) is 0 Å². The number of aryl methyl sites for hydroxylation is 2. The van der Waals surface area contributed by atoms with Crippen LogP contribution in [0.15, 0.2) is 6.20 Å². The molecule has 5 heteroatoms. The van der Waals surface area contributed by atoms with Gasteiger partial charge in [0.25, 0.3) is 0 Å². The first kappa shape index (κ1) is 9.62. The largest absolute Gasteiger partial charge is 0.235 e. The van der Waals surface area contributed by atoms with Crippen LogP contribution in [0.1, 0.15) is 11.4 Å². The Hall–Kier alpha value is -0.930. The van der Waals surface area contributed by atoms with Crippen LogP contribution in [0.5, 0.6) is 0 Å². The fourth-order valence-corrected chi connectivity index (χ4v) is 1.77. The van der Waals surface area contributed by atoms with E-state index in [4.69, 9.17) is 23.2 Å². The van der Waals surface area contributed by atoms with Gasteiger partial charge >= 0.3 is 0 Å². The predicted octanol–water partition coefficient (Wildman–Crippen LogP) is 2.95. The Morgan fingerprint density at radius 2 is 1.86 bits per heavy atom. The zero-order chi connectivity index (χ0) is 10.3. The second-order valence-electron chi connectivity index (χ2n) is 2.99. The fourth-order valence-electron chi connectivity index (χ4n) is 1.27. The van der Waals surface area contributed by atoms with E-state index in [0.29, 0.717) is 21.6 Å². The minimum Gasteiger partial charge on any atom is -0.235 e.